The third-order valence-corrected chi connectivity index (χ3v) is 2.68. The lowest BCUT2D eigenvalue weighted by atomic mass is 10.1. The van der Waals surface area contributed by atoms with E-state index >= 15 is 0 Å². The Morgan fingerprint density at radius 1 is 1.41 bits per heavy atom. The fourth-order valence-electron chi connectivity index (χ4n) is 1.75. The van der Waals surface area contributed by atoms with Crippen LogP contribution in [0.5, 0.6) is 0 Å². The van der Waals surface area contributed by atoms with Crippen LogP contribution >= 0.6 is 0 Å². The third kappa shape index (κ3) is 2.42. The van der Waals surface area contributed by atoms with Crippen LogP contribution in [0.1, 0.15) is 35.5 Å². The van der Waals surface area contributed by atoms with Gasteiger partial charge in [0.1, 0.15) is 6.17 Å². The molecule has 1 aromatic heterocycles. The van der Waals surface area contributed by atoms with E-state index in [-0.39, 0.29) is 12.3 Å². The molecule has 0 aromatic carbocycles. The SMILES string of the molecule is O=Cc1oc(N2CCC(F)CC2)nc1C(F)F. The third-order valence-electron chi connectivity index (χ3n) is 2.68. The zero-order chi connectivity index (χ0) is 12.4. The van der Waals surface area contributed by atoms with Crippen LogP contribution in [0, 0.1) is 0 Å². The molecule has 1 saturated heterocycles. The zero-order valence-electron chi connectivity index (χ0n) is 8.91. The van der Waals surface area contributed by atoms with E-state index < -0.39 is 24.1 Å². The number of alkyl halides is 3. The highest BCUT2D eigenvalue weighted by Crippen LogP contribution is 2.27. The number of hydrogen-bond donors (Lipinski definition) is 0. The van der Waals surface area contributed by atoms with Gasteiger partial charge in [0.15, 0.2) is 17.7 Å². The molecule has 0 spiro atoms. The maximum Gasteiger partial charge on any atom is 0.298 e. The lowest BCUT2D eigenvalue weighted by Crippen LogP contribution is -2.34. The molecule has 0 N–H and O–H groups in total. The molecule has 0 amide bonds. The predicted molar refractivity (Wildman–Crippen MR) is 53.2 cm³/mol. The normalized spacial score (nSPS) is 17.8. The Labute approximate surface area is 95.4 Å². The summed E-state index contributed by atoms with van der Waals surface area (Å²) in [4.78, 5) is 15.7. The van der Waals surface area contributed by atoms with Crippen LogP contribution < -0.4 is 4.90 Å². The van der Waals surface area contributed by atoms with Gasteiger partial charge in [-0.15, -0.1) is 0 Å². The van der Waals surface area contributed by atoms with Crippen LogP contribution in [0.4, 0.5) is 19.2 Å². The Hall–Kier alpha value is -1.53. The van der Waals surface area contributed by atoms with Crippen molar-refractivity contribution < 1.29 is 22.4 Å². The maximum absolute atomic E-state index is 12.9. The van der Waals surface area contributed by atoms with Gasteiger partial charge >= 0.3 is 0 Å². The minimum absolute atomic E-state index is 0.0331. The lowest BCUT2D eigenvalue weighted by molar-refractivity contribution is 0.107. The molecule has 7 heteroatoms. The summed E-state index contributed by atoms with van der Waals surface area (Å²) in [6, 6.07) is -0.0331. The first-order valence-corrected chi connectivity index (χ1v) is 5.25. The Bertz CT molecular complexity index is 400. The van der Waals surface area contributed by atoms with Crippen LogP contribution in [-0.2, 0) is 0 Å². The molecule has 0 radical (unpaired) electrons. The topological polar surface area (TPSA) is 46.3 Å². The summed E-state index contributed by atoms with van der Waals surface area (Å²) in [7, 11) is 0. The number of nitrogens with zero attached hydrogens (tertiary/aromatic N) is 2. The van der Waals surface area contributed by atoms with Crippen LogP contribution in [-0.4, -0.2) is 30.5 Å². The number of rotatable bonds is 3. The van der Waals surface area contributed by atoms with Gasteiger partial charge in [-0.2, -0.15) is 4.98 Å². The molecule has 1 fully saturated rings. The quantitative estimate of drug-likeness (QED) is 0.770. The molecular weight excluding hydrogens is 237 g/mol. The van der Waals surface area contributed by atoms with Crippen molar-refractivity contribution in [1.29, 1.82) is 0 Å². The second-order valence-corrected chi connectivity index (χ2v) is 3.83. The summed E-state index contributed by atoms with van der Waals surface area (Å²) in [6.07, 6.45) is -2.90. The van der Waals surface area contributed by atoms with Gasteiger partial charge in [0.2, 0.25) is 0 Å². The predicted octanol–water partition coefficient (Wildman–Crippen LogP) is 2.36. The van der Waals surface area contributed by atoms with Crippen LogP contribution in [0.3, 0.4) is 0 Å². The standard InChI is InChI=1S/C10H11F3N2O2/c11-6-1-3-15(4-2-6)10-14-8(9(12)13)7(5-16)17-10/h5-6,9H,1-4H2. The minimum atomic E-state index is -2.86. The zero-order valence-corrected chi connectivity index (χ0v) is 8.91. The van der Waals surface area contributed by atoms with E-state index in [0.29, 0.717) is 25.9 Å². The highest BCUT2D eigenvalue weighted by molar-refractivity contribution is 5.73. The van der Waals surface area contributed by atoms with Crippen LogP contribution in [0.2, 0.25) is 0 Å². The summed E-state index contributed by atoms with van der Waals surface area (Å²) < 4.78 is 42.8. The Kier molecular flexibility index (Phi) is 3.35. The fraction of sp³-hybridized carbons (Fsp3) is 0.600. The van der Waals surface area contributed by atoms with Crippen molar-refractivity contribution in [2.75, 3.05) is 18.0 Å². The van der Waals surface area contributed by atoms with Gasteiger partial charge in [0.25, 0.3) is 12.4 Å². The Morgan fingerprint density at radius 3 is 2.53 bits per heavy atom. The molecule has 0 atom stereocenters. The minimum Gasteiger partial charge on any atom is -0.420 e. The van der Waals surface area contributed by atoms with E-state index in [1.807, 2.05) is 0 Å². The number of oxazole rings is 1. The van der Waals surface area contributed by atoms with Crippen molar-refractivity contribution in [3.63, 3.8) is 0 Å². The molecule has 0 aliphatic carbocycles. The van der Waals surface area contributed by atoms with Gasteiger partial charge in [0.05, 0.1) is 0 Å². The van der Waals surface area contributed by atoms with E-state index in [9.17, 15) is 18.0 Å². The van der Waals surface area contributed by atoms with Gasteiger partial charge in [-0.05, 0) is 12.8 Å². The number of piperidine rings is 1. The van der Waals surface area contributed by atoms with Crippen LogP contribution in [0.25, 0.3) is 0 Å². The van der Waals surface area contributed by atoms with E-state index in [2.05, 4.69) is 4.98 Å². The van der Waals surface area contributed by atoms with Gasteiger partial charge in [0, 0.05) is 13.1 Å². The summed E-state index contributed by atoms with van der Waals surface area (Å²) in [5, 5.41) is 0. The highest BCUT2D eigenvalue weighted by Gasteiger charge is 2.26. The maximum atomic E-state index is 12.9. The number of aromatic nitrogens is 1. The molecule has 1 aromatic rings. The van der Waals surface area contributed by atoms with Gasteiger partial charge in [-0.1, -0.05) is 0 Å². The van der Waals surface area contributed by atoms with Gasteiger partial charge in [-0.3, -0.25) is 4.79 Å². The second kappa shape index (κ2) is 4.77. The van der Waals surface area contributed by atoms with Crippen LogP contribution in [0.15, 0.2) is 4.42 Å². The summed E-state index contributed by atoms with van der Waals surface area (Å²) in [5.74, 6) is -0.461. The largest absolute Gasteiger partial charge is 0.420 e. The van der Waals surface area contributed by atoms with E-state index in [1.165, 1.54) is 0 Å². The number of anilines is 1. The van der Waals surface area contributed by atoms with Crippen molar-refractivity contribution >= 4 is 12.3 Å². The molecule has 0 saturated carbocycles. The molecule has 4 nitrogen and oxygen atoms in total. The average Bonchev–Trinajstić information content (AvgIpc) is 2.74. The number of hydrogen-bond acceptors (Lipinski definition) is 4. The van der Waals surface area contributed by atoms with Crippen molar-refractivity contribution in [3.8, 4) is 0 Å². The first-order chi connectivity index (χ1) is 8.11. The first kappa shape index (κ1) is 11.9. The molecule has 1 aliphatic rings. The van der Waals surface area contributed by atoms with Crippen molar-refractivity contribution in [2.24, 2.45) is 0 Å². The molecule has 1 aliphatic heterocycles. The number of carbonyl (C=O) groups excluding carboxylic acids is 1. The molecule has 2 heterocycles. The lowest BCUT2D eigenvalue weighted by Gasteiger charge is -2.26. The summed E-state index contributed by atoms with van der Waals surface area (Å²) >= 11 is 0. The van der Waals surface area contributed by atoms with Gasteiger partial charge < -0.3 is 9.32 Å². The fourth-order valence-corrected chi connectivity index (χ4v) is 1.75. The average molecular weight is 248 g/mol. The molecule has 17 heavy (non-hydrogen) atoms. The monoisotopic (exact) mass is 248 g/mol. The molecule has 2 rings (SSSR count). The number of carbonyl (C=O) groups is 1. The Morgan fingerprint density at radius 2 is 2.06 bits per heavy atom. The highest BCUT2D eigenvalue weighted by atomic mass is 19.3. The Balaban J connectivity index is 2.18. The van der Waals surface area contributed by atoms with E-state index in [0.717, 1.165) is 0 Å². The number of aldehydes is 1. The van der Waals surface area contributed by atoms with Crippen molar-refractivity contribution in [3.05, 3.63) is 11.5 Å². The summed E-state index contributed by atoms with van der Waals surface area (Å²) in [6.45, 7) is 0.700. The van der Waals surface area contributed by atoms with Crippen molar-refractivity contribution in [1.82, 2.24) is 4.98 Å². The van der Waals surface area contributed by atoms with E-state index in [1.54, 1.807) is 4.90 Å². The number of halogens is 3. The molecule has 0 unspecified atom stereocenters. The molecular formula is C10H11F3N2O2. The first-order valence-electron chi connectivity index (χ1n) is 5.25. The van der Waals surface area contributed by atoms with Gasteiger partial charge in [-0.25, -0.2) is 13.2 Å². The smallest absolute Gasteiger partial charge is 0.298 e. The molecule has 0 bridgehead atoms. The summed E-state index contributed by atoms with van der Waals surface area (Å²) in [5.41, 5.74) is -0.655. The second-order valence-electron chi connectivity index (χ2n) is 3.83. The van der Waals surface area contributed by atoms with E-state index in [4.69, 9.17) is 4.42 Å². The molecule has 94 valence electrons. The van der Waals surface area contributed by atoms with Crippen molar-refractivity contribution in [2.45, 2.75) is 25.4 Å².